The van der Waals surface area contributed by atoms with Crippen molar-refractivity contribution in [2.24, 2.45) is 0 Å². The van der Waals surface area contributed by atoms with E-state index in [1.165, 1.54) is 23.5 Å². The van der Waals surface area contributed by atoms with Crippen LogP contribution >= 0.6 is 11.3 Å². The smallest absolute Gasteiger partial charge is 0.357 e. The van der Waals surface area contributed by atoms with Gasteiger partial charge in [0, 0.05) is 24.2 Å². The van der Waals surface area contributed by atoms with Gasteiger partial charge in [-0.3, -0.25) is 9.97 Å². The van der Waals surface area contributed by atoms with Gasteiger partial charge in [0.2, 0.25) is 0 Å². The van der Waals surface area contributed by atoms with Gasteiger partial charge in [-0.2, -0.15) is 0 Å². The molecule has 0 saturated carbocycles. The van der Waals surface area contributed by atoms with Gasteiger partial charge in [0.1, 0.15) is 16.5 Å². The monoisotopic (exact) mass is 329 g/mol. The number of thiazole rings is 1. The molecular weight excluding hydrogens is 317 g/mol. The van der Waals surface area contributed by atoms with E-state index >= 15 is 0 Å². The molecule has 3 aromatic rings. The van der Waals surface area contributed by atoms with Crippen molar-refractivity contribution in [1.29, 1.82) is 0 Å². The number of benzene rings is 1. The first-order valence-electron chi connectivity index (χ1n) is 6.86. The van der Waals surface area contributed by atoms with Crippen LogP contribution < -0.4 is 0 Å². The molecule has 0 amide bonds. The minimum atomic E-state index is -0.487. The Balaban J connectivity index is 1.56. The molecule has 2 heterocycles. The van der Waals surface area contributed by atoms with E-state index in [1.807, 2.05) is 0 Å². The molecule has 0 aliphatic rings. The predicted octanol–water partition coefficient (Wildman–Crippen LogP) is 3.14. The lowest BCUT2D eigenvalue weighted by Gasteiger charge is -2.03. The van der Waals surface area contributed by atoms with Crippen molar-refractivity contribution in [3.8, 4) is 10.7 Å². The first kappa shape index (κ1) is 15.2. The minimum Gasteiger partial charge on any atom is -0.461 e. The molecule has 23 heavy (non-hydrogen) atoms. The summed E-state index contributed by atoms with van der Waals surface area (Å²) in [5, 5.41) is 2.24. The quantitative estimate of drug-likeness (QED) is 0.673. The molecule has 0 atom stereocenters. The van der Waals surface area contributed by atoms with Crippen molar-refractivity contribution in [3.63, 3.8) is 0 Å². The Labute approximate surface area is 135 Å². The van der Waals surface area contributed by atoms with Gasteiger partial charge in [0.25, 0.3) is 0 Å². The number of esters is 1. The highest BCUT2D eigenvalue weighted by Gasteiger charge is 2.13. The fraction of sp³-hybridized carbons (Fsp3) is 0.125. The molecule has 0 aliphatic heterocycles. The zero-order valence-corrected chi connectivity index (χ0v) is 12.8. The van der Waals surface area contributed by atoms with Crippen molar-refractivity contribution < 1.29 is 13.9 Å². The lowest BCUT2D eigenvalue weighted by molar-refractivity contribution is 0.0503. The molecule has 7 heteroatoms. The van der Waals surface area contributed by atoms with Gasteiger partial charge in [0.05, 0.1) is 12.8 Å². The Hall–Kier alpha value is -2.67. The summed E-state index contributed by atoms with van der Waals surface area (Å²) in [6, 6.07) is 6.09. The third kappa shape index (κ3) is 3.95. The van der Waals surface area contributed by atoms with Crippen LogP contribution in [-0.2, 0) is 11.2 Å². The first-order valence-corrected chi connectivity index (χ1v) is 7.74. The van der Waals surface area contributed by atoms with Crippen LogP contribution in [0.2, 0.25) is 0 Å². The van der Waals surface area contributed by atoms with Crippen LogP contribution in [0, 0.1) is 5.82 Å². The van der Waals surface area contributed by atoms with E-state index in [0.717, 1.165) is 5.56 Å². The number of rotatable bonds is 5. The van der Waals surface area contributed by atoms with Crippen LogP contribution in [0.5, 0.6) is 0 Å². The van der Waals surface area contributed by atoms with Crippen LogP contribution in [0.3, 0.4) is 0 Å². The third-order valence-corrected chi connectivity index (χ3v) is 3.90. The molecule has 0 N–H and O–H groups in total. The fourth-order valence-corrected chi connectivity index (χ4v) is 2.63. The van der Waals surface area contributed by atoms with E-state index in [-0.39, 0.29) is 18.1 Å². The van der Waals surface area contributed by atoms with Crippen molar-refractivity contribution in [2.75, 3.05) is 6.61 Å². The summed E-state index contributed by atoms with van der Waals surface area (Å²) in [7, 11) is 0. The second-order valence-electron chi connectivity index (χ2n) is 4.64. The molecule has 0 aliphatic carbocycles. The lowest BCUT2D eigenvalue weighted by atomic mass is 10.2. The summed E-state index contributed by atoms with van der Waals surface area (Å²) in [5.74, 6) is -0.775. The molecule has 2 aromatic heterocycles. The second kappa shape index (κ2) is 7.06. The largest absolute Gasteiger partial charge is 0.461 e. The Bertz CT molecular complexity index is 791. The number of carbonyl (C=O) groups excluding carboxylic acids is 1. The average Bonchev–Trinajstić information content (AvgIpc) is 3.07. The van der Waals surface area contributed by atoms with Gasteiger partial charge in [-0.15, -0.1) is 11.3 Å². The van der Waals surface area contributed by atoms with E-state index in [2.05, 4.69) is 15.0 Å². The highest BCUT2D eigenvalue weighted by molar-refractivity contribution is 7.13. The summed E-state index contributed by atoms with van der Waals surface area (Å²) in [4.78, 5) is 24.3. The van der Waals surface area contributed by atoms with Crippen molar-refractivity contribution in [1.82, 2.24) is 15.0 Å². The van der Waals surface area contributed by atoms with Crippen molar-refractivity contribution >= 4 is 17.3 Å². The Morgan fingerprint density at radius 1 is 1.22 bits per heavy atom. The summed E-state index contributed by atoms with van der Waals surface area (Å²) >= 11 is 1.31. The second-order valence-corrected chi connectivity index (χ2v) is 5.50. The van der Waals surface area contributed by atoms with Gasteiger partial charge >= 0.3 is 5.97 Å². The molecule has 116 valence electrons. The third-order valence-electron chi connectivity index (χ3n) is 3.03. The van der Waals surface area contributed by atoms with Gasteiger partial charge in [-0.25, -0.2) is 14.2 Å². The number of nitrogens with zero attached hydrogens (tertiary/aromatic N) is 3. The van der Waals surface area contributed by atoms with E-state index in [9.17, 15) is 9.18 Å². The molecule has 3 rings (SSSR count). The Morgan fingerprint density at radius 3 is 2.78 bits per heavy atom. The highest BCUT2D eigenvalue weighted by Crippen LogP contribution is 2.21. The van der Waals surface area contributed by atoms with Crippen LogP contribution in [0.15, 0.2) is 48.2 Å². The number of ether oxygens (including phenoxy) is 1. The SMILES string of the molecule is O=C(OCCc1ccc(F)cc1)c1csc(-c2cnccn2)n1. The lowest BCUT2D eigenvalue weighted by Crippen LogP contribution is -2.08. The number of halogens is 1. The van der Waals surface area contributed by atoms with E-state index in [0.29, 0.717) is 17.1 Å². The first-order chi connectivity index (χ1) is 11.2. The molecule has 0 unspecified atom stereocenters. The van der Waals surface area contributed by atoms with E-state index in [1.54, 1.807) is 36.1 Å². The summed E-state index contributed by atoms with van der Waals surface area (Å²) in [6.45, 7) is 0.211. The number of aromatic nitrogens is 3. The van der Waals surface area contributed by atoms with Gasteiger partial charge in [0.15, 0.2) is 5.69 Å². The van der Waals surface area contributed by atoms with Crippen LogP contribution in [0.1, 0.15) is 16.1 Å². The fourth-order valence-electron chi connectivity index (χ4n) is 1.88. The Morgan fingerprint density at radius 2 is 2.04 bits per heavy atom. The molecule has 0 radical (unpaired) electrons. The Kier molecular flexibility index (Phi) is 4.68. The van der Waals surface area contributed by atoms with Gasteiger partial charge < -0.3 is 4.74 Å². The summed E-state index contributed by atoms with van der Waals surface area (Å²) in [5.41, 5.74) is 1.76. The maximum Gasteiger partial charge on any atom is 0.357 e. The summed E-state index contributed by atoms with van der Waals surface area (Å²) in [6.07, 6.45) is 5.24. The summed E-state index contributed by atoms with van der Waals surface area (Å²) < 4.78 is 18.0. The minimum absolute atomic E-state index is 0.211. The zero-order valence-electron chi connectivity index (χ0n) is 12.0. The number of hydrogen-bond acceptors (Lipinski definition) is 6. The number of carbonyl (C=O) groups is 1. The van der Waals surface area contributed by atoms with Crippen LogP contribution in [0.25, 0.3) is 10.7 Å². The molecule has 0 fully saturated rings. The maximum atomic E-state index is 12.8. The van der Waals surface area contributed by atoms with Crippen molar-refractivity contribution in [2.45, 2.75) is 6.42 Å². The van der Waals surface area contributed by atoms with E-state index < -0.39 is 5.97 Å². The molecule has 0 spiro atoms. The molecule has 1 aromatic carbocycles. The normalized spacial score (nSPS) is 10.5. The van der Waals surface area contributed by atoms with Crippen LogP contribution in [-0.4, -0.2) is 27.5 Å². The molecule has 0 bridgehead atoms. The standard InChI is InChI=1S/C16H12FN3O2S/c17-12-3-1-11(2-4-12)5-8-22-16(21)14-10-23-15(20-14)13-9-18-6-7-19-13/h1-4,6-7,9-10H,5,8H2. The number of hydrogen-bond donors (Lipinski definition) is 0. The predicted molar refractivity (Wildman–Crippen MR) is 83.5 cm³/mol. The zero-order chi connectivity index (χ0) is 16.1. The topological polar surface area (TPSA) is 65.0 Å². The highest BCUT2D eigenvalue weighted by atomic mass is 32.1. The maximum absolute atomic E-state index is 12.8. The van der Waals surface area contributed by atoms with Gasteiger partial charge in [-0.1, -0.05) is 12.1 Å². The average molecular weight is 329 g/mol. The van der Waals surface area contributed by atoms with E-state index in [4.69, 9.17) is 4.74 Å². The molecule has 0 saturated heterocycles. The molecular formula is C16H12FN3O2S. The van der Waals surface area contributed by atoms with Crippen LogP contribution in [0.4, 0.5) is 4.39 Å². The van der Waals surface area contributed by atoms with Gasteiger partial charge in [-0.05, 0) is 17.7 Å². The van der Waals surface area contributed by atoms with Crippen molar-refractivity contribution in [3.05, 3.63) is 65.3 Å². The molecule has 5 nitrogen and oxygen atoms in total.